The lowest BCUT2D eigenvalue weighted by Crippen LogP contribution is -2.02. The van der Waals surface area contributed by atoms with E-state index >= 15 is 0 Å². The van der Waals surface area contributed by atoms with Crippen LogP contribution < -0.4 is 4.74 Å². The van der Waals surface area contributed by atoms with E-state index in [4.69, 9.17) is 20.8 Å². The molecule has 0 spiro atoms. The predicted molar refractivity (Wildman–Crippen MR) is 62.3 cm³/mol. The van der Waals surface area contributed by atoms with Crippen molar-refractivity contribution in [1.29, 1.82) is 0 Å². The van der Waals surface area contributed by atoms with Crippen molar-refractivity contribution in [3.63, 3.8) is 0 Å². The normalized spacial score (nSPS) is 19.8. The van der Waals surface area contributed by atoms with Crippen molar-refractivity contribution in [1.82, 2.24) is 10.2 Å². The van der Waals surface area contributed by atoms with Gasteiger partial charge in [-0.15, -0.1) is 21.8 Å². The first kappa shape index (κ1) is 10.6. The van der Waals surface area contributed by atoms with E-state index in [9.17, 15) is 0 Å². The maximum atomic E-state index is 5.90. The Morgan fingerprint density at radius 1 is 1.35 bits per heavy atom. The summed E-state index contributed by atoms with van der Waals surface area (Å²) in [6, 6.07) is 7.88. The Hall–Kier alpha value is -1.55. The quantitative estimate of drug-likeness (QED) is 0.769. The Bertz CT molecular complexity index is 539. The number of alkyl halides is 1. The molecule has 2 unspecified atom stereocenters. The summed E-state index contributed by atoms with van der Waals surface area (Å²) in [7, 11) is 0. The van der Waals surface area contributed by atoms with Crippen LogP contribution in [0.25, 0.3) is 0 Å². The molecule has 1 aromatic carbocycles. The molecule has 0 aliphatic carbocycles. The van der Waals surface area contributed by atoms with Crippen LogP contribution in [0, 0.1) is 0 Å². The standard InChI is InChI=1S/C12H11ClN2O2/c1-7(13)11-14-15-12(17-11)9-6-16-10-5-3-2-4-8(9)10/h2-5,7,9H,6H2,1H3. The first-order valence-corrected chi connectivity index (χ1v) is 5.88. The molecule has 17 heavy (non-hydrogen) atoms. The fourth-order valence-corrected chi connectivity index (χ4v) is 2.00. The van der Waals surface area contributed by atoms with Gasteiger partial charge < -0.3 is 9.15 Å². The average molecular weight is 251 g/mol. The van der Waals surface area contributed by atoms with E-state index in [0.717, 1.165) is 11.3 Å². The molecule has 2 aromatic rings. The van der Waals surface area contributed by atoms with E-state index in [1.165, 1.54) is 0 Å². The maximum Gasteiger partial charge on any atom is 0.234 e. The summed E-state index contributed by atoms with van der Waals surface area (Å²) in [6.45, 7) is 2.34. The number of hydrogen-bond acceptors (Lipinski definition) is 4. The van der Waals surface area contributed by atoms with Crippen molar-refractivity contribution in [2.45, 2.75) is 18.2 Å². The van der Waals surface area contributed by atoms with E-state index in [1.54, 1.807) is 6.92 Å². The molecule has 4 nitrogen and oxygen atoms in total. The molecule has 0 amide bonds. The number of hydrogen-bond donors (Lipinski definition) is 0. The lowest BCUT2D eigenvalue weighted by atomic mass is 10.0. The van der Waals surface area contributed by atoms with Crippen LogP contribution in [0.5, 0.6) is 5.75 Å². The highest BCUT2D eigenvalue weighted by Crippen LogP contribution is 2.37. The third-order valence-electron chi connectivity index (χ3n) is 2.79. The molecule has 0 N–H and O–H groups in total. The van der Waals surface area contributed by atoms with Crippen LogP contribution in [0.4, 0.5) is 0 Å². The number of para-hydroxylation sites is 1. The predicted octanol–water partition coefficient (Wildman–Crippen LogP) is 2.89. The van der Waals surface area contributed by atoms with Crippen molar-refractivity contribution in [2.75, 3.05) is 6.61 Å². The molecule has 1 aliphatic heterocycles. The number of nitrogens with zero attached hydrogens (tertiary/aromatic N) is 2. The largest absolute Gasteiger partial charge is 0.492 e. The molecule has 88 valence electrons. The molecule has 2 heterocycles. The van der Waals surface area contributed by atoms with Gasteiger partial charge in [0.1, 0.15) is 17.7 Å². The summed E-state index contributed by atoms with van der Waals surface area (Å²) in [4.78, 5) is 0. The van der Waals surface area contributed by atoms with Crippen LogP contribution in [0.2, 0.25) is 0 Å². The lowest BCUT2D eigenvalue weighted by molar-refractivity contribution is 0.321. The van der Waals surface area contributed by atoms with E-state index in [2.05, 4.69) is 10.2 Å². The molecular formula is C12H11ClN2O2. The van der Waals surface area contributed by atoms with Crippen LogP contribution in [-0.4, -0.2) is 16.8 Å². The first-order valence-electron chi connectivity index (χ1n) is 5.45. The summed E-state index contributed by atoms with van der Waals surface area (Å²) < 4.78 is 11.1. The van der Waals surface area contributed by atoms with Crippen molar-refractivity contribution in [3.05, 3.63) is 41.6 Å². The SMILES string of the molecule is CC(Cl)c1nnc(C2COc3ccccc32)o1. The van der Waals surface area contributed by atoms with E-state index in [1.807, 2.05) is 24.3 Å². The van der Waals surface area contributed by atoms with Gasteiger partial charge in [-0.1, -0.05) is 18.2 Å². The molecule has 1 aromatic heterocycles. The molecule has 5 heteroatoms. The second-order valence-electron chi connectivity index (χ2n) is 4.00. The van der Waals surface area contributed by atoms with Crippen LogP contribution in [0.1, 0.15) is 35.6 Å². The zero-order valence-corrected chi connectivity index (χ0v) is 10.0. The Morgan fingerprint density at radius 2 is 2.18 bits per heavy atom. The van der Waals surface area contributed by atoms with Crippen molar-refractivity contribution in [2.24, 2.45) is 0 Å². The van der Waals surface area contributed by atoms with Gasteiger partial charge >= 0.3 is 0 Å². The molecule has 0 bridgehead atoms. The zero-order chi connectivity index (χ0) is 11.8. The smallest absolute Gasteiger partial charge is 0.234 e. The van der Waals surface area contributed by atoms with Gasteiger partial charge in [0, 0.05) is 5.56 Å². The highest BCUT2D eigenvalue weighted by Gasteiger charge is 2.30. The van der Waals surface area contributed by atoms with Crippen molar-refractivity contribution in [3.8, 4) is 5.75 Å². The summed E-state index contributed by atoms with van der Waals surface area (Å²) >= 11 is 5.90. The highest BCUT2D eigenvalue weighted by molar-refractivity contribution is 6.20. The van der Waals surface area contributed by atoms with Gasteiger partial charge in [0.2, 0.25) is 11.8 Å². The maximum absolute atomic E-state index is 5.90. The first-order chi connectivity index (χ1) is 8.25. The molecule has 3 rings (SSSR count). The molecule has 0 fully saturated rings. The number of rotatable bonds is 2. The van der Waals surface area contributed by atoms with Gasteiger partial charge in [0.15, 0.2) is 0 Å². The van der Waals surface area contributed by atoms with Gasteiger partial charge in [-0.2, -0.15) is 0 Å². The van der Waals surface area contributed by atoms with Crippen LogP contribution >= 0.6 is 11.6 Å². The zero-order valence-electron chi connectivity index (χ0n) is 9.26. The fraction of sp³-hybridized carbons (Fsp3) is 0.333. The minimum absolute atomic E-state index is 0.0165. The number of ether oxygens (including phenoxy) is 1. The third kappa shape index (κ3) is 1.78. The second kappa shape index (κ2) is 4.04. The molecule has 0 radical (unpaired) electrons. The fourth-order valence-electron chi connectivity index (χ4n) is 1.92. The van der Waals surface area contributed by atoms with Gasteiger partial charge in [-0.25, -0.2) is 0 Å². The van der Waals surface area contributed by atoms with Gasteiger partial charge in [0.25, 0.3) is 0 Å². The van der Waals surface area contributed by atoms with E-state index < -0.39 is 0 Å². The molecule has 1 aliphatic rings. The van der Waals surface area contributed by atoms with Crippen molar-refractivity contribution >= 4 is 11.6 Å². The topological polar surface area (TPSA) is 48.2 Å². The molecular weight excluding hydrogens is 240 g/mol. The van der Waals surface area contributed by atoms with Crippen LogP contribution in [0.15, 0.2) is 28.7 Å². The molecule has 2 atom stereocenters. The van der Waals surface area contributed by atoms with Gasteiger partial charge in [-0.3, -0.25) is 0 Å². The summed E-state index contributed by atoms with van der Waals surface area (Å²) in [5.41, 5.74) is 1.09. The molecule has 0 saturated carbocycles. The van der Waals surface area contributed by atoms with E-state index in [0.29, 0.717) is 18.4 Å². The number of halogens is 1. The van der Waals surface area contributed by atoms with E-state index in [-0.39, 0.29) is 11.3 Å². The minimum Gasteiger partial charge on any atom is -0.492 e. The summed E-state index contributed by atoms with van der Waals surface area (Å²) in [5.74, 6) is 1.92. The van der Waals surface area contributed by atoms with Crippen molar-refractivity contribution < 1.29 is 9.15 Å². The minimum atomic E-state index is -0.270. The second-order valence-corrected chi connectivity index (χ2v) is 4.65. The average Bonchev–Trinajstić information content (AvgIpc) is 2.95. The highest BCUT2D eigenvalue weighted by atomic mass is 35.5. The summed E-state index contributed by atoms with van der Waals surface area (Å²) in [6.07, 6.45) is 0. The number of aromatic nitrogens is 2. The lowest BCUT2D eigenvalue weighted by Gasteiger charge is -2.02. The van der Waals surface area contributed by atoms with Gasteiger partial charge in [-0.05, 0) is 13.0 Å². The number of benzene rings is 1. The van der Waals surface area contributed by atoms with Crippen LogP contribution in [-0.2, 0) is 0 Å². The Morgan fingerprint density at radius 3 is 2.94 bits per heavy atom. The Labute approximate surface area is 104 Å². The Kier molecular flexibility index (Phi) is 2.52. The monoisotopic (exact) mass is 250 g/mol. The van der Waals surface area contributed by atoms with Gasteiger partial charge in [0.05, 0.1) is 5.92 Å². The van der Waals surface area contributed by atoms with Crippen LogP contribution in [0.3, 0.4) is 0 Å². The third-order valence-corrected chi connectivity index (χ3v) is 2.98. The Balaban J connectivity index is 1.95. The molecule has 0 saturated heterocycles. The number of fused-ring (bicyclic) bond motifs is 1. The summed E-state index contributed by atoms with van der Waals surface area (Å²) in [5, 5.41) is 7.70.